The van der Waals surface area contributed by atoms with Crippen LogP contribution >= 0.6 is 23.1 Å². The number of nitrogens with zero attached hydrogens (tertiary/aromatic N) is 2. The summed E-state index contributed by atoms with van der Waals surface area (Å²) in [6.07, 6.45) is -3.80. The number of halogens is 3. The lowest BCUT2D eigenvalue weighted by molar-refractivity contribution is -0.137. The number of allylic oxidation sites excluding steroid dienone is 3. The highest BCUT2D eigenvalue weighted by atomic mass is 32.2. The van der Waals surface area contributed by atoms with E-state index >= 15 is 0 Å². The molecule has 0 bridgehead atoms. The fourth-order valence-electron chi connectivity index (χ4n) is 4.68. The van der Waals surface area contributed by atoms with Crippen molar-refractivity contribution >= 4 is 34.6 Å². The number of thiophene rings is 1. The Balaban J connectivity index is 1.99. The average molecular weight is 504 g/mol. The minimum Gasteiger partial charge on any atom is -0.384 e. The van der Waals surface area contributed by atoms with E-state index in [1.54, 1.807) is 11.8 Å². The predicted octanol–water partition coefficient (Wildman–Crippen LogP) is 6.82. The molecule has 1 aromatic carbocycles. The van der Waals surface area contributed by atoms with Crippen LogP contribution in [-0.4, -0.2) is 11.5 Å². The lowest BCUT2D eigenvalue weighted by atomic mass is 9.69. The molecular formula is C25H24F3N3OS2. The van der Waals surface area contributed by atoms with E-state index in [2.05, 4.69) is 6.07 Å². The fourth-order valence-corrected chi connectivity index (χ4v) is 6.73. The summed E-state index contributed by atoms with van der Waals surface area (Å²) in [4.78, 5) is 16.9. The molecule has 178 valence electrons. The Morgan fingerprint density at radius 1 is 1.29 bits per heavy atom. The smallest absolute Gasteiger partial charge is 0.384 e. The number of nitrogens with two attached hydrogens (primary N) is 1. The summed E-state index contributed by atoms with van der Waals surface area (Å²) in [5.74, 6) is 0.159. The number of thioether (sulfide) groups is 1. The van der Waals surface area contributed by atoms with Gasteiger partial charge in [0.05, 0.1) is 23.1 Å². The highest BCUT2D eigenvalue weighted by molar-refractivity contribution is 7.99. The van der Waals surface area contributed by atoms with Gasteiger partial charge in [-0.25, -0.2) is 0 Å². The lowest BCUT2D eigenvalue weighted by Gasteiger charge is -2.43. The van der Waals surface area contributed by atoms with Crippen LogP contribution in [0.2, 0.25) is 0 Å². The molecule has 2 aromatic rings. The Hall–Kier alpha value is -2.70. The van der Waals surface area contributed by atoms with Crippen LogP contribution in [0, 0.1) is 16.7 Å². The third-order valence-corrected chi connectivity index (χ3v) is 8.10. The first-order valence-electron chi connectivity index (χ1n) is 10.8. The molecule has 0 radical (unpaired) electrons. The van der Waals surface area contributed by atoms with Gasteiger partial charge in [0.2, 0.25) is 0 Å². The van der Waals surface area contributed by atoms with Gasteiger partial charge in [-0.05, 0) is 47.2 Å². The van der Waals surface area contributed by atoms with Gasteiger partial charge in [-0.1, -0.05) is 26.8 Å². The molecule has 1 aromatic heterocycles. The maximum absolute atomic E-state index is 13.6. The van der Waals surface area contributed by atoms with Gasteiger partial charge in [-0.15, -0.1) is 23.1 Å². The van der Waals surface area contributed by atoms with Crippen molar-refractivity contribution < 1.29 is 18.0 Å². The second kappa shape index (κ2) is 8.82. The summed E-state index contributed by atoms with van der Waals surface area (Å²) >= 11 is 3.09. The van der Waals surface area contributed by atoms with Gasteiger partial charge in [0.15, 0.2) is 5.78 Å². The minimum atomic E-state index is -4.53. The number of carbonyl (C=O) groups is 1. The van der Waals surface area contributed by atoms with Crippen molar-refractivity contribution in [1.82, 2.24) is 0 Å². The second-order valence-electron chi connectivity index (χ2n) is 9.11. The predicted molar refractivity (Wildman–Crippen MR) is 129 cm³/mol. The van der Waals surface area contributed by atoms with Crippen LogP contribution in [0.15, 0.2) is 63.3 Å². The van der Waals surface area contributed by atoms with Crippen molar-refractivity contribution in [3.05, 3.63) is 68.8 Å². The van der Waals surface area contributed by atoms with Crippen LogP contribution in [0.3, 0.4) is 0 Å². The number of hydrogen-bond donors (Lipinski definition) is 1. The van der Waals surface area contributed by atoms with Crippen LogP contribution in [0.1, 0.15) is 50.0 Å². The van der Waals surface area contributed by atoms with Gasteiger partial charge in [0, 0.05) is 33.2 Å². The molecule has 0 unspecified atom stereocenters. The monoisotopic (exact) mass is 503 g/mol. The Labute approximate surface area is 204 Å². The zero-order valence-corrected chi connectivity index (χ0v) is 20.6. The molecule has 0 amide bonds. The van der Waals surface area contributed by atoms with Gasteiger partial charge < -0.3 is 5.73 Å². The summed E-state index contributed by atoms with van der Waals surface area (Å²) in [6, 6.07) is 9.00. The molecule has 2 N–H and O–H groups in total. The molecule has 1 aliphatic heterocycles. The number of anilines is 1. The Morgan fingerprint density at radius 2 is 2.03 bits per heavy atom. The van der Waals surface area contributed by atoms with Gasteiger partial charge in [-0.2, -0.15) is 18.4 Å². The third-order valence-electron chi connectivity index (χ3n) is 6.03. The molecule has 9 heteroatoms. The summed E-state index contributed by atoms with van der Waals surface area (Å²) < 4.78 is 40.4. The zero-order chi connectivity index (χ0) is 24.8. The molecule has 2 heterocycles. The first-order chi connectivity index (χ1) is 16.0. The summed E-state index contributed by atoms with van der Waals surface area (Å²) in [5.41, 5.74) is 6.73. The van der Waals surface area contributed by atoms with E-state index in [0.29, 0.717) is 24.1 Å². The molecule has 2 aliphatic rings. The molecule has 4 rings (SSSR count). The van der Waals surface area contributed by atoms with Crippen LogP contribution < -0.4 is 10.6 Å². The standard InChI is InChI=1S/C25H24F3N3OS2/c1-4-33-19-8-9-34-22(19)20-16(13-29)23(30)31(15-7-5-6-14(10-15)25(26,27)28)17-11-24(2,3)12-18(32)21(17)20/h5-10,20H,4,11-12,30H2,1-3H3/t20-/m0/s1. The fraction of sp³-hybridized carbons (Fsp3) is 0.360. The molecule has 1 aliphatic carbocycles. The van der Waals surface area contributed by atoms with Crippen molar-refractivity contribution in [3.63, 3.8) is 0 Å². The van der Waals surface area contributed by atoms with Gasteiger partial charge in [0.1, 0.15) is 5.82 Å². The highest BCUT2D eigenvalue weighted by Gasteiger charge is 2.46. The Kier molecular flexibility index (Phi) is 6.34. The van der Waals surface area contributed by atoms with E-state index in [-0.39, 0.29) is 22.9 Å². The second-order valence-corrected chi connectivity index (χ2v) is 11.4. The van der Waals surface area contributed by atoms with E-state index in [1.165, 1.54) is 28.4 Å². The van der Waals surface area contributed by atoms with E-state index in [0.717, 1.165) is 27.7 Å². The number of hydrogen-bond acceptors (Lipinski definition) is 6. The van der Waals surface area contributed by atoms with Crippen molar-refractivity contribution in [2.75, 3.05) is 10.7 Å². The number of ketones is 1. The first-order valence-corrected chi connectivity index (χ1v) is 12.7. The molecule has 0 saturated heterocycles. The molecule has 4 nitrogen and oxygen atoms in total. The van der Waals surface area contributed by atoms with Gasteiger partial charge in [0.25, 0.3) is 0 Å². The highest BCUT2D eigenvalue weighted by Crippen LogP contribution is 2.52. The van der Waals surface area contributed by atoms with Crippen LogP contribution in [0.25, 0.3) is 0 Å². The zero-order valence-electron chi connectivity index (χ0n) is 19.0. The normalized spacial score (nSPS) is 20.4. The topological polar surface area (TPSA) is 70.1 Å². The molecule has 0 fully saturated rings. The summed E-state index contributed by atoms with van der Waals surface area (Å²) in [7, 11) is 0. The van der Waals surface area contributed by atoms with Gasteiger partial charge in [-0.3, -0.25) is 9.69 Å². The number of rotatable bonds is 4. The van der Waals surface area contributed by atoms with E-state index < -0.39 is 23.1 Å². The van der Waals surface area contributed by atoms with Gasteiger partial charge >= 0.3 is 6.18 Å². The molecular weight excluding hydrogens is 479 g/mol. The third kappa shape index (κ3) is 4.25. The molecule has 34 heavy (non-hydrogen) atoms. The summed E-state index contributed by atoms with van der Waals surface area (Å²) in [6.45, 7) is 5.94. The number of alkyl halides is 3. The number of Topliss-reactive ketones (excluding diaryl/α,β-unsaturated/α-hetero) is 1. The SMILES string of the molecule is CCSc1ccsc1[C@H]1C(C#N)=C(N)N(c2cccc(C(F)(F)F)c2)C2=C1C(=O)CC(C)(C)C2. The van der Waals surface area contributed by atoms with Crippen LogP contribution in [0.5, 0.6) is 0 Å². The molecule has 0 saturated carbocycles. The van der Waals surface area contributed by atoms with E-state index in [4.69, 9.17) is 5.73 Å². The number of nitriles is 1. The number of carbonyl (C=O) groups excluding carboxylic acids is 1. The van der Waals surface area contributed by atoms with Crippen molar-refractivity contribution in [3.8, 4) is 6.07 Å². The van der Waals surface area contributed by atoms with Crippen LogP contribution in [-0.2, 0) is 11.0 Å². The van der Waals surface area contributed by atoms with E-state index in [1.807, 2.05) is 32.2 Å². The molecule has 1 atom stereocenters. The van der Waals surface area contributed by atoms with E-state index in [9.17, 15) is 23.2 Å². The quantitative estimate of drug-likeness (QED) is 0.464. The molecule has 0 spiro atoms. The Bertz CT molecular complexity index is 1250. The van der Waals surface area contributed by atoms with Crippen molar-refractivity contribution in [2.45, 2.75) is 50.6 Å². The largest absolute Gasteiger partial charge is 0.416 e. The summed E-state index contributed by atoms with van der Waals surface area (Å²) in [5, 5.41) is 12.1. The lowest BCUT2D eigenvalue weighted by Crippen LogP contribution is -2.42. The minimum absolute atomic E-state index is 0.0666. The maximum atomic E-state index is 13.6. The maximum Gasteiger partial charge on any atom is 0.416 e. The number of benzene rings is 1. The average Bonchev–Trinajstić information content (AvgIpc) is 3.19. The van der Waals surface area contributed by atoms with Crippen LogP contribution in [0.4, 0.5) is 18.9 Å². The first kappa shape index (κ1) is 24.4. The van der Waals surface area contributed by atoms with Crippen molar-refractivity contribution in [1.29, 1.82) is 5.26 Å². The Morgan fingerprint density at radius 3 is 2.68 bits per heavy atom. The van der Waals surface area contributed by atoms with Crippen molar-refractivity contribution in [2.24, 2.45) is 11.1 Å².